The highest BCUT2D eigenvalue weighted by Gasteiger charge is 2.29. The molecule has 0 radical (unpaired) electrons. The predicted octanol–water partition coefficient (Wildman–Crippen LogP) is 1.12. The Morgan fingerprint density at radius 3 is 2.47 bits per heavy atom. The molecule has 1 aromatic rings. The number of aromatic hydroxyl groups is 2. The summed E-state index contributed by atoms with van der Waals surface area (Å²) in [6.45, 7) is 3.49. The van der Waals surface area contributed by atoms with Gasteiger partial charge in [0.1, 0.15) is 0 Å². The van der Waals surface area contributed by atoms with E-state index in [1.165, 1.54) is 6.07 Å². The van der Waals surface area contributed by atoms with Crippen molar-refractivity contribution >= 4 is 0 Å². The number of hydrogen-bond donors (Lipinski definition) is 4. The van der Waals surface area contributed by atoms with E-state index in [4.69, 9.17) is 10.8 Å². The molecule has 0 aliphatic carbocycles. The summed E-state index contributed by atoms with van der Waals surface area (Å²) < 4.78 is 0. The van der Waals surface area contributed by atoms with Crippen LogP contribution in [0.4, 0.5) is 0 Å². The van der Waals surface area contributed by atoms with Gasteiger partial charge in [0.25, 0.3) is 0 Å². The first-order valence-electron chi connectivity index (χ1n) is 4.77. The van der Waals surface area contributed by atoms with Gasteiger partial charge >= 0.3 is 0 Å². The van der Waals surface area contributed by atoms with Crippen molar-refractivity contribution in [3.8, 4) is 11.5 Å². The minimum absolute atomic E-state index is 0.0940. The topological polar surface area (TPSA) is 86.7 Å². The summed E-state index contributed by atoms with van der Waals surface area (Å²) in [5.74, 6) is -0.414. The normalized spacial score (nSPS) is 13.9. The minimum Gasteiger partial charge on any atom is -0.504 e. The van der Waals surface area contributed by atoms with E-state index in [-0.39, 0.29) is 18.1 Å². The zero-order valence-electron chi connectivity index (χ0n) is 8.94. The van der Waals surface area contributed by atoms with Crippen molar-refractivity contribution in [1.29, 1.82) is 0 Å². The predicted molar refractivity (Wildman–Crippen MR) is 57.6 cm³/mol. The van der Waals surface area contributed by atoms with Crippen molar-refractivity contribution in [2.24, 2.45) is 11.1 Å². The second-order valence-electron chi connectivity index (χ2n) is 4.34. The van der Waals surface area contributed by atoms with Gasteiger partial charge in [-0.05, 0) is 6.07 Å². The Balaban J connectivity index is 3.12. The quantitative estimate of drug-likeness (QED) is 0.564. The molecule has 1 aromatic carbocycles. The number of nitrogens with two attached hydrogens (primary N) is 1. The highest BCUT2D eigenvalue weighted by atomic mass is 16.3. The van der Waals surface area contributed by atoms with E-state index in [0.29, 0.717) is 5.56 Å². The molecule has 4 heteroatoms. The van der Waals surface area contributed by atoms with Crippen molar-refractivity contribution in [1.82, 2.24) is 0 Å². The van der Waals surface area contributed by atoms with Gasteiger partial charge in [-0.2, -0.15) is 0 Å². The summed E-state index contributed by atoms with van der Waals surface area (Å²) in [5, 5.41) is 28.1. The number of rotatable bonds is 3. The third-order valence-corrected chi connectivity index (χ3v) is 2.63. The van der Waals surface area contributed by atoms with Crippen LogP contribution in [0.15, 0.2) is 18.2 Å². The number of hydrogen-bond acceptors (Lipinski definition) is 4. The first kappa shape index (κ1) is 11.8. The zero-order valence-corrected chi connectivity index (χ0v) is 8.94. The molecule has 84 valence electrons. The maximum Gasteiger partial charge on any atom is 0.162 e. The molecule has 1 rings (SSSR count). The fourth-order valence-electron chi connectivity index (χ4n) is 1.32. The molecule has 5 N–H and O–H groups in total. The van der Waals surface area contributed by atoms with E-state index >= 15 is 0 Å². The average molecular weight is 211 g/mol. The molecule has 0 heterocycles. The first-order valence-corrected chi connectivity index (χ1v) is 4.77. The maximum absolute atomic E-state index is 9.62. The second kappa shape index (κ2) is 4.08. The molecule has 0 unspecified atom stereocenters. The molecule has 0 spiro atoms. The lowest BCUT2D eigenvalue weighted by Crippen LogP contribution is -2.32. The lowest BCUT2D eigenvalue weighted by Gasteiger charge is -2.30. The molecule has 0 aromatic heterocycles. The summed E-state index contributed by atoms with van der Waals surface area (Å²) in [6.07, 6.45) is 0. The van der Waals surface area contributed by atoms with E-state index in [9.17, 15) is 10.2 Å². The first-order chi connectivity index (χ1) is 6.90. The SMILES string of the molecule is CC(C)(CO)[C@@H](N)c1cccc(O)c1O. The minimum atomic E-state index is -0.550. The highest BCUT2D eigenvalue weighted by Crippen LogP contribution is 2.38. The number of aliphatic hydroxyl groups is 1. The fraction of sp³-hybridized carbons (Fsp3) is 0.455. The van der Waals surface area contributed by atoms with E-state index in [2.05, 4.69) is 0 Å². The van der Waals surface area contributed by atoms with Gasteiger partial charge in [0.05, 0.1) is 0 Å². The Labute approximate surface area is 89.0 Å². The Kier molecular flexibility index (Phi) is 3.21. The van der Waals surface area contributed by atoms with Crippen molar-refractivity contribution in [3.05, 3.63) is 23.8 Å². The summed E-state index contributed by atoms with van der Waals surface area (Å²) in [5.41, 5.74) is 5.81. The van der Waals surface area contributed by atoms with Crippen LogP contribution in [0, 0.1) is 5.41 Å². The van der Waals surface area contributed by atoms with Gasteiger partial charge in [0, 0.05) is 23.6 Å². The molecule has 0 saturated carbocycles. The molecule has 0 aliphatic heterocycles. The molecular weight excluding hydrogens is 194 g/mol. The number of phenols is 2. The van der Waals surface area contributed by atoms with Crippen LogP contribution in [0.1, 0.15) is 25.5 Å². The van der Waals surface area contributed by atoms with Crippen LogP contribution in [-0.4, -0.2) is 21.9 Å². The average Bonchev–Trinajstić information content (AvgIpc) is 2.21. The highest BCUT2D eigenvalue weighted by molar-refractivity contribution is 5.46. The van der Waals surface area contributed by atoms with E-state index in [0.717, 1.165) is 0 Å². The van der Waals surface area contributed by atoms with Crippen molar-refractivity contribution in [2.75, 3.05) is 6.61 Å². The third kappa shape index (κ3) is 2.22. The van der Waals surface area contributed by atoms with Crippen LogP contribution >= 0.6 is 0 Å². The largest absolute Gasteiger partial charge is 0.504 e. The van der Waals surface area contributed by atoms with Gasteiger partial charge in [-0.15, -0.1) is 0 Å². The van der Waals surface area contributed by atoms with Crippen LogP contribution in [0.5, 0.6) is 11.5 Å². The maximum atomic E-state index is 9.62. The molecule has 4 nitrogen and oxygen atoms in total. The molecule has 15 heavy (non-hydrogen) atoms. The van der Waals surface area contributed by atoms with E-state index in [1.807, 2.05) is 0 Å². The van der Waals surface area contributed by atoms with Crippen LogP contribution in [-0.2, 0) is 0 Å². The monoisotopic (exact) mass is 211 g/mol. The summed E-state index contributed by atoms with van der Waals surface area (Å²) in [4.78, 5) is 0. The Morgan fingerprint density at radius 1 is 1.33 bits per heavy atom. The van der Waals surface area contributed by atoms with E-state index in [1.54, 1.807) is 26.0 Å². The van der Waals surface area contributed by atoms with Gasteiger partial charge in [0.15, 0.2) is 11.5 Å². The molecule has 0 fully saturated rings. The van der Waals surface area contributed by atoms with Gasteiger partial charge in [-0.1, -0.05) is 26.0 Å². The van der Waals surface area contributed by atoms with Crippen LogP contribution in [0.3, 0.4) is 0 Å². The summed E-state index contributed by atoms with van der Waals surface area (Å²) in [6, 6.07) is 4.10. The standard InChI is InChI=1S/C11H17NO3/c1-11(2,6-13)10(12)7-4-3-5-8(14)9(7)15/h3-5,10,13-15H,6,12H2,1-2H3/t10-/m0/s1. The van der Waals surface area contributed by atoms with Crippen molar-refractivity contribution < 1.29 is 15.3 Å². The number of benzene rings is 1. The zero-order chi connectivity index (χ0) is 11.6. The Morgan fingerprint density at radius 2 is 1.93 bits per heavy atom. The molecule has 0 bridgehead atoms. The van der Waals surface area contributed by atoms with Crippen molar-refractivity contribution in [2.45, 2.75) is 19.9 Å². The van der Waals surface area contributed by atoms with Gasteiger partial charge in [-0.25, -0.2) is 0 Å². The number of aliphatic hydroxyl groups excluding tert-OH is 1. The number of phenolic OH excluding ortho intramolecular Hbond substituents is 2. The molecule has 0 saturated heterocycles. The lowest BCUT2D eigenvalue weighted by atomic mass is 9.81. The Bertz CT molecular complexity index is 350. The lowest BCUT2D eigenvalue weighted by molar-refractivity contribution is 0.131. The molecule has 1 atom stereocenters. The van der Waals surface area contributed by atoms with Gasteiger partial charge < -0.3 is 21.1 Å². The summed E-state index contributed by atoms with van der Waals surface area (Å²) in [7, 11) is 0. The summed E-state index contributed by atoms with van der Waals surface area (Å²) >= 11 is 0. The van der Waals surface area contributed by atoms with Crippen LogP contribution in [0.25, 0.3) is 0 Å². The molecule has 0 aliphatic rings. The Hall–Kier alpha value is -1.26. The smallest absolute Gasteiger partial charge is 0.162 e. The molecular formula is C11H17NO3. The number of para-hydroxylation sites is 1. The van der Waals surface area contributed by atoms with E-state index < -0.39 is 11.5 Å². The second-order valence-corrected chi connectivity index (χ2v) is 4.34. The van der Waals surface area contributed by atoms with Gasteiger partial charge in [-0.3, -0.25) is 0 Å². The third-order valence-electron chi connectivity index (χ3n) is 2.63. The molecule has 0 amide bonds. The van der Waals surface area contributed by atoms with Crippen LogP contribution < -0.4 is 5.73 Å². The van der Waals surface area contributed by atoms with Crippen molar-refractivity contribution in [3.63, 3.8) is 0 Å². The van der Waals surface area contributed by atoms with Crippen LogP contribution in [0.2, 0.25) is 0 Å². The fourth-order valence-corrected chi connectivity index (χ4v) is 1.32. The van der Waals surface area contributed by atoms with Gasteiger partial charge in [0.2, 0.25) is 0 Å².